The van der Waals surface area contributed by atoms with Crippen LogP contribution in [-0.2, 0) is 13.0 Å². The highest BCUT2D eigenvalue weighted by Gasteiger charge is 2.07. The van der Waals surface area contributed by atoms with Crippen LogP contribution in [0.25, 0.3) is 0 Å². The minimum atomic E-state index is -0.136. The molecule has 0 aliphatic heterocycles. The van der Waals surface area contributed by atoms with Crippen LogP contribution in [0.2, 0.25) is 0 Å². The van der Waals surface area contributed by atoms with Crippen LogP contribution in [0.5, 0.6) is 0 Å². The summed E-state index contributed by atoms with van der Waals surface area (Å²) in [4.78, 5) is 0. The summed E-state index contributed by atoms with van der Waals surface area (Å²) in [6.45, 7) is 6.79. The lowest BCUT2D eigenvalue weighted by atomic mass is 10.1. The van der Waals surface area contributed by atoms with Crippen molar-refractivity contribution in [1.29, 1.82) is 0 Å². The molecule has 2 aromatic carbocycles. The van der Waals surface area contributed by atoms with E-state index in [4.69, 9.17) is 0 Å². The summed E-state index contributed by atoms with van der Waals surface area (Å²) < 4.78 is 13.6. The molecule has 106 valence electrons. The maximum Gasteiger partial charge on any atom is 0.126 e. The first-order chi connectivity index (χ1) is 9.60. The van der Waals surface area contributed by atoms with E-state index in [9.17, 15) is 4.39 Å². The first-order valence-electron chi connectivity index (χ1n) is 7.17. The fourth-order valence-corrected chi connectivity index (χ4v) is 2.16. The van der Waals surface area contributed by atoms with Gasteiger partial charge in [-0.2, -0.15) is 0 Å². The van der Waals surface area contributed by atoms with Crippen LogP contribution in [0.15, 0.2) is 42.5 Å². The summed E-state index contributed by atoms with van der Waals surface area (Å²) in [5.74, 6) is -0.136. The summed E-state index contributed by atoms with van der Waals surface area (Å²) in [5.41, 5.74) is 4.28. The Labute approximate surface area is 120 Å². The van der Waals surface area contributed by atoms with Crippen LogP contribution in [0.3, 0.4) is 0 Å². The zero-order valence-corrected chi connectivity index (χ0v) is 12.4. The van der Waals surface area contributed by atoms with E-state index in [1.54, 1.807) is 13.0 Å². The smallest absolute Gasteiger partial charge is 0.126 e. The van der Waals surface area contributed by atoms with Crippen molar-refractivity contribution < 1.29 is 4.39 Å². The minimum absolute atomic E-state index is 0.135. The first kappa shape index (κ1) is 14.7. The Kier molecular flexibility index (Phi) is 4.91. The Balaban J connectivity index is 1.96. The molecular weight excluding hydrogens is 249 g/mol. The highest BCUT2D eigenvalue weighted by molar-refractivity contribution is 5.26. The average molecular weight is 271 g/mol. The van der Waals surface area contributed by atoms with Crippen LogP contribution in [0, 0.1) is 12.7 Å². The quantitative estimate of drug-likeness (QED) is 0.841. The van der Waals surface area contributed by atoms with Gasteiger partial charge in [-0.15, -0.1) is 0 Å². The summed E-state index contributed by atoms with van der Waals surface area (Å²) in [7, 11) is 0. The van der Waals surface area contributed by atoms with Crippen molar-refractivity contribution >= 4 is 0 Å². The lowest BCUT2D eigenvalue weighted by Crippen LogP contribution is -2.18. The van der Waals surface area contributed by atoms with E-state index in [1.165, 1.54) is 11.1 Å². The van der Waals surface area contributed by atoms with E-state index in [1.807, 2.05) is 12.1 Å². The first-order valence-corrected chi connectivity index (χ1v) is 7.17. The molecule has 2 rings (SSSR count). The third kappa shape index (κ3) is 3.67. The minimum Gasteiger partial charge on any atom is -0.306 e. The predicted molar refractivity (Wildman–Crippen MR) is 82.2 cm³/mol. The van der Waals surface area contributed by atoms with Crippen LogP contribution in [-0.4, -0.2) is 0 Å². The van der Waals surface area contributed by atoms with Crippen LogP contribution >= 0.6 is 0 Å². The number of rotatable bonds is 5. The van der Waals surface area contributed by atoms with Gasteiger partial charge in [-0.3, -0.25) is 0 Å². The molecule has 0 bridgehead atoms. The van der Waals surface area contributed by atoms with Gasteiger partial charge in [-0.05, 0) is 48.6 Å². The highest BCUT2D eigenvalue weighted by atomic mass is 19.1. The molecule has 0 heterocycles. The van der Waals surface area contributed by atoms with Crippen LogP contribution in [0.4, 0.5) is 4.39 Å². The van der Waals surface area contributed by atoms with E-state index in [0.29, 0.717) is 5.56 Å². The molecule has 2 heteroatoms. The van der Waals surface area contributed by atoms with Crippen molar-refractivity contribution in [2.75, 3.05) is 0 Å². The van der Waals surface area contributed by atoms with Gasteiger partial charge in [0.15, 0.2) is 0 Å². The van der Waals surface area contributed by atoms with Crippen LogP contribution in [0.1, 0.15) is 42.1 Å². The van der Waals surface area contributed by atoms with Gasteiger partial charge < -0.3 is 5.32 Å². The van der Waals surface area contributed by atoms with Gasteiger partial charge in [-0.1, -0.05) is 43.3 Å². The summed E-state index contributed by atoms with van der Waals surface area (Å²) >= 11 is 0. The van der Waals surface area contributed by atoms with Crippen molar-refractivity contribution in [3.8, 4) is 0 Å². The summed E-state index contributed by atoms with van der Waals surface area (Å²) in [5, 5.41) is 3.43. The molecule has 20 heavy (non-hydrogen) atoms. The third-order valence-corrected chi connectivity index (χ3v) is 3.74. The van der Waals surface area contributed by atoms with Gasteiger partial charge >= 0.3 is 0 Å². The zero-order chi connectivity index (χ0) is 14.5. The molecule has 0 amide bonds. The van der Waals surface area contributed by atoms with E-state index in [0.717, 1.165) is 18.5 Å². The molecular formula is C18H22FN. The second kappa shape index (κ2) is 6.67. The van der Waals surface area contributed by atoms with Crippen molar-refractivity contribution in [2.45, 2.75) is 39.8 Å². The lowest BCUT2D eigenvalue weighted by molar-refractivity contribution is 0.563. The number of nitrogens with one attached hydrogen (secondary N) is 1. The molecule has 1 nitrogen and oxygen atoms in total. The maximum atomic E-state index is 13.6. The van der Waals surface area contributed by atoms with Crippen molar-refractivity contribution in [2.24, 2.45) is 0 Å². The fraction of sp³-hybridized carbons (Fsp3) is 0.333. The number of aryl methyl sites for hydroxylation is 2. The summed E-state index contributed by atoms with van der Waals surface area (Å²) in [6, 6.07) is 14.2. The van der Waals surface area contributed by atoms with Gasteiger partial charge in [0.1, 0.15) is 5.82 Å². The zero-order valence-electron chi connectivity index (χ0n) is 12.4. The standard InChI is InChI=1S/C18H22FN/c1-4-15-6-8-16(9-7-15)12-20-14(3)17-10-5-13(2)18(19)11-17/h5-11,14,20H,4,12H2,1-3H3. The number of benzene rings is 2. The Morgan fingerprint density at radius 3 is 2.30 bits per heavy atom. The normalized spacial score (nSPS) is 12.4. The molecule has 0 aliphatic rings. The second-order valence-corrected chi connectivity index (χ2v) is 5.28. The molecule has 0 spiro atoms. The fourth-order valence-electron chi connectivity index (χ4n) is 2.16. The molecule has 0 aromatic heterocycles. The lowest BCUT2D eigenvalue weighted by Gasteiger charge is -2.15. The highest BCUT2D eigenvalue weighted by Crippen LogP contribution is 2.17. The van der Waals surface area contributed by atoms with Gasteiger partial charge in [-0.25, -0.2) is 4.39 Å². The topological polar surface area (TPSA) is 12.0 Å². The Bertz CT molecular complexity index is 560. The SMILES string of the molecule is CCc1ccc(CNC(C)c2ccc(C)c(F)c2)cc1. The number of halogens is 1. The molecule has 0 saturated carbocycles. The van der Waals surface area contributed by atoms with E-state index in [2.05, 4.69) is 43.4 Å². The Morgan fingerprint density at radius 2 is 1.70 bits per heavy atom. The van der Waals surface area contributed by atoms with Crippen molar-refractivity contribution in [1.82, 2.24) is 5.32 Å². The van der Waals surface area contributed by atoms with Gasteiger partial charge in [0.05, 0.1) is 0 Å². The molecule has 2 aromatic rings. The summed E-state index contributed by atoms with van der Waals surface area (Å²) in [6.07, 6.45) is 1.06. The monoisotopic (exact) mass is 271 g/mol. The van der Waals surface area contributed by atoms with Gasteiger partial charge in [0.25, 0.3) is 0 Å². The third-order valence-electron chi connectivity index (χ3n) is 3.74. The Morgan fingerprint density at radius 1 is 1.05 bits per heavy atom. The molecule has 1 unspecified atom stereocenters. The van der Waals surface area contributed by atoms with Gasteiger partial charge in [0.2, 0.25) is 0 Å². The van der Waals surface area contributed by atoms with Gasteiger partial charge in [0, 0.05) is 12.6 Å². The largest absolute Gasteiger partial charge is 0.306 e. The molecule has 0 saturated heterocycles. The Hall–Kier alpha value is -1.67. The molecule has 1 atom stereocenters. The molecule has 0 radical (unpaired) electrons. The maximum absolute atomic E-state index is 13.6. The molecule has 0 fully saturated rings. The van der Waals surface area contributed by atoms with E-state index >= 15 is 0 Å². The average Bonchev–Trinajstić information content (AvgIpc) is 2.48. The number of hydrogen-bond donors (Lipinski definition) is 1. The van der Waals surface area contributed by atoms with Crippen molar-refractivity contribution in [3.63, 3.8) is 0 Å². The van der Waals surface area contributed by atoms with Crippen LogP contribution < -0.4 is 5.32 Å². The van der Waals surface area contributed by atoms with E-state index in [-0.39, 0.29) is 11.9 Å². The number of hydrogen-bond acceptors (Lipinski definition) is 1. The van der Waals surface area contributed by atoms with E-state index < -0.39 is 0 Å². The predicted octanol–water partition coefficient (Wildman–Crippen LogP) is 4.55. The van der Waals surface area contributed by atoms with Crippen molar-refractivity contribution in [3.05, 3.63) is 70.5 Å². The molecule has 0 aliphatic carbocycles. The second-order valence-electron chi connectivity index (χ2n) is 5.28. The molecule has 1 N–H and O–H groups in total.